The minimum absolute atomic E-state index is 0.0843. The zero-order chi connectivity index (χ0) is 32.0. The van der Waals surface area contributed by atoms with Gasteiger partial charge in [-0.15, -0.1) is 0 Å². The van der Waals surface area contributed by atoms with Gasteiger partial charge >= 0.3 is 0 Å². The molecule has 1 aliphatic carbocycles. The molecule has 1 aliphatic heterocycles. The molecule has 2 fully saturated rings. The van der Waals surface area contributed by atoms with Crippen molar-refractivity contribution in [3.63, 3.8) is 0 Å². The molecule has 1 saturated carbocycles. The number of nitrogen functional groups attached to an aromatic ring is 1. The fourth-order valence-electron chi connectivity index (χ4n) is 6.37. The topological polar surface area (TPSA) is 122 Å². The van der Waals surface area contributed by atoms with Crippen molar-refractivity contribution in [2.24, 2.45) is 7.05 Å². The summed E-state index contributed by atoms with van der Waals surface area (Å²) in [5.41, 5.74) is 12.4. The van der Waals surface area contributed by atoms with Crippen LogP contribution in [0.5, 0.6) is 0 Å². The zero-order valence-electron chi connectivity index (χ0n) is 26.2. The van der Waals surface area contributed by atoms with E-state index in [1.54, 1.807) is 23.1 Å². The molecule has 0 bridgehead atoms. The second-order valence-electron chi connectivity index (χ2n) is 12.3. The predicted molar refractivity (Wildman–Crippen MR) is 180 cm³/mol. The van der Waals surface area contributed by atoms with Gasteiger partial charge in [-0.3, -0.25) is 19.3 Å². The highest BCUT2D eigenvalue weighted by Crippen LogP contribution is 2.30. The number of hydrogen-bond acceptors (Lipinski definition) is 8. The molecular weight excluding hydrogens is 602 g/mol. The number of aryl methyl sites for hydroxylation is 1. The van der Waals surface area contributed by atoms with E-state index in [0.717, 1.165) is 91.4 Å². The fourth-order valence-corrected chi connectivity index (χ4v) is 6.68. The van der Waals surface area contributed by atoms with E-state index in [9.17, 15) is 9.90 Å². The molecule has 2 aliphatic rings. The average Bonchev–Trinajstić information content (AvgIpc) is 3.70. The van der Waals surface area contributed by atoms with Crippen LogP contribution in [-0.4, -0.2) is 87.1 Å². The highest BCUT2D eigenvalue weighted by Gasteiger charge is 2.30. The van der Waals surface area contributed by atoms with Crippen molar-refractivity contribution in [3.8, 4) is 22.3 Å². The van der Waals surface area contributed by atoms with Crippen molar-refractivity contribution in [1.29, 1.82) is 0 Å². The summed E-state index contributed by atoms with van der Waals surface area (Å²) in [5.74, 6) is -0.0482. The van der Waals surface area contributed by atoms with E-state index < -0.39 is 0 Å². The largest absolute Gasteiger partial charge is 0.395 e. The number of carbonyl (C=O) groups excluding carboxylic acids is 1. The first-order chi connectivity index (χ1) is 22.4. The first-order valence-corrected chi connectivity index (χ1v) is 16.3. The monoisotopic (exact) mass is 643 g/mol. The fraction of sp³-hybridized carbons (Fsp3) is 0.400. The molecule has 6 rings (SSSR count). The second kappa shape index (κ2) is 14.7. The van der Waals surface area contributed by atoms with E-state index in [1.165, 1.54) is 5.56 Å². The van der Waals surface area contributed by atoms with Gasteiger partial charge in [0, 0.05) is 80.4 Å². The highest BCUT2D eigenvalue weighted by molar-refractivity contribution is 6.33. The second-order valence-corrected chi connectivity index (χ2v) is 12.7. The molecule has 3 heterocycles. The van der Waals surface area contributed by atoms with Crippen LogP contribution in [0.25, 0.3) is 22.3 Å². The number of piperazine rings is 1. The van der Waals surface area contributed by atoms with Gasteiger partial charge in [-0.1, -0.05) is 48.0 Å². The van der Waals surface area contributed by atoms with Crippen LogP contribution >= 0.6 is 11.6 Å². The van der Waals surface area contributed by atoms with Crippen molar-refractivity contribution in [3.05, 3.63) is 88.8 Å². The van der Waals surface area contributed by atoms with Gasteiger partial charge in [0.2, 0.25) is 0 Å². The number of nitrogens with one attached hydrogen (secondary N) is 1. The van der Waals surface area contributed by atoms with Crippen LogP contribution < -0.4 is 11.1 Å². The minimum Gasteiger partial charge on any atom is -0.395 e. The number of nitrogens with two attached hydrogens (primary N) is 1. The molecule has 46 heavy (non-hydrogen) atoms. The summed E-state index contributed by atoms with van der Waals surface area (Å²) < 4.78 is 8.03. The van der Waals surface area contributed by atoms with Crippen molar-refractivity contribution >= 4 is 23.3 Å². The molecule has 2 aromatic carbocycles. The number of aliphatic hydroxyl groups excluding tert-OH is 1. The van der Waals surface area contributed by atoms with Crippen LogP contribution in [0.2, 0.25) is 5.02 Å². The van der Waals surface area contributed by atoms with Gasteiger partial charge in [0.25, 0.3) is 5.91 Å². The van der Waals surface area contributed by atoms with Crippen molar-refractivity contribution in [2.45, 2.75) is 44.6 Å². The number of halogens is 1. The van der Waals surface area contributed by atoms with Gasteiger partial charge in [-0.25, -0.2) is 4.98 Å². The molecule has 0 unspecified atom stereocenters. The molecule has 0 spiro atoms. The molecule has 2 atom stereocenters. The van der Waals surface area contributed by atoms with Crippen LogP contribution in [0.1, 0.15) is 40.7 Å². The molecule has 4 N–H and O–H groups in total. The molecule has 10 nitrogen and oxygen atoms in total. The van der Waals surface area contributed by atoms with Crippen LogP contribution in [0.4, 0.5) is 5.82 Å². The summed E-state index contributed by atoms with van der Waals surface area (Å²) >= 11 is 6.76. The Morgan fingerprint density at radius 1 is 1.00 bits per heavy atom. The van der Waals surface area contributed by atoms with E-state index in [-0.39, 0.29) is 30.5 Å². The number of amides is 1. The van der Waals surface area contributed by atoms with Gasteiger partial charge < -0.3 is 20.9 Å². The lowest BCUT2D eigenvalue weighted by atomic mass is 10.0. The van der Waals surface area contributed by atoms with Crippen molar-refractivity contribution in [1.82, 2.24) is 29.9 Å². The van der Waals surface area contributed by atoms with Crippen LogP contribution in [0.3, 0.4) is 0 Å². The molecule has 0 radical (unpaired) electrons. The number of anilines is 1. The van der Waals surface area contributed by atoms with E-state index in [0.29, 0.717) is 12.2 Å². The van der Waals surface area contributed by atoms with Crippen molar-refractivity contribution < 1.29 is 14.6 Å². The van der Waals surface area contributed by atoms with Gasteiger partial charge in [-0.05, 0) is 48.1 Å². The zero-order valence-corrected chi connectivity index (χ0v) is 27.0. The van der Waals surface area contributed by atoms with Crippen LogP contribution in [-0.2, 0) is 24.9 Å². The number of benzene rings is 2. The summed E-state index contributed by atoms with van der Waals surface area (Å²) in [4.78, 5) is 22.2. The molecule has 2 aromatic heterocycles. The molecular formula is C35H42ClN7O3. The van der Waals surface area contributed by atoms with Crippen LogP contribution in [0.15, 0.2) is 67.1 Å². The third-order valence-electron chi connectivity index (χ3n) is 9.02. The number of aromatic nitrogens is 3. The standard InChI is InChI=1S/C35H42ClN7O3/c1-41-22-28(20-39-41)27-18-30(34(37)38-19-27)35(45)40-32-3-2-4-33(32)46-23-24-5-8-26(9-6-24)29-10-7-25(17-31(29)36)21-43-13-11-42(12-14-43)15-16-44/h5-10,17-20,22,32-33,44H,2-4,11-16,21,23H2,1H3,(H2,37,38)(H,40,45)/t32-,33-/m0/s1. The summed E-state index contributed by atoms with van der Waals surface area (Å²) in [5, 5.41) is 17.3. The smallest absolute Gasteiger partial charge is 0.255 e. The predicted octanol–water partition coefficient (Wildman–Crippen LogP) is 4.36. The Morgan fingerprint density at radius 3 is 2.48 bits per heavy atom. The number of aliphatic hydroxyl groups is 1. The van der Waals surface area contributed by atoms with Crippen LogP contribution in [0, 0.1) is 0 Å². The maximum atomic E-state index is 13.3. The Bertz CT molecular complexity index is 1640. The Morgan fingerprint density at radius 2 is 1.76 bits per heavy atom. The minimum atomic E-state index is -0.246. The lowest BCUT2D eigenvalue weighted by molar-refractivity contribution is 0.0272. The molecule has 11 heteroatoms. The summed E-state index contributed by atoms with van der Waals surface area (Å²) in [6.45, 7) is 6.22. The third kappa shape index (κ3) is 7.76. The summed E-state index contributed by atoms with van der Waals surface area (Å²) in [7, 11) is 1.84. The maximum Gasteiger partial charge on any atom is 0.255 e. The van der Waals surface area contributed by atoms with E-state index in [4.69, 9.17) is 22.1 Å². The lowest BCUT2D eigenvalue weighted by Gasteiger charge is -2.34. The summed E-state index contributed by atoms with van der Waals surface area (Å²) in [6.07, 6.45) is 7.89. The quantitative estimate of drug-likeness (QED) is 0.220. The molecule has 242 valence electrons. The van der Waals surface area contributed by atoms with E-state index in [1.807, 2.05) is 13.2 Å². The Hall–Kier alpha value is -3.80. The van der Waals surface area contributed by atoms with Gasteiger partial charge in [0.15, 0.2) is 0 Å². The normalized spacial score (nSPS) is 19.0. The lowest BCUT2D eigenvalue weighted by Crippen LogP contribution is -2.46. The third-order valence-corrected chi connectivity index (χ3v) is 9.33. The average molecular weight is 644 g/mol. The molecule has 1 saturated heterocycles. The number of nitrogens with zero attached hydrogens (tertiary/aromatic N) is 5. The van der Waals surface area contributed by atoms with E-state index >= 15 is 0 Å². The SMILES string of the molecule is Cn1cc(-c2cnc(N)c(C(=O)N[C@H]3CCC[C@@H]3OCc3ccc(-c4ccc(CN5CCN(CCO)CC5)cc4Cl)cc3)c2)cn1. The number of ether oxygens (including phenoxy) is 1. The number of hydrogen-bond donors (Lipinski definition) is 3. The number of pyridine rings is 1. The van der Waals surface area contributed by atoms with Gasteiger partial charge in [-0.2, -0.15) is 5.10 Å². The van der Waals surface area contributed by atoms with Gasteiger partial charge in [0.05, 0.1) is 37.1 Å². The molecule has 1 amide bonds. The summed E-state index contributed by atoms with van der Waals surface area (Å²) in [6, 6.07) is 16.3. The first-order valence-electron chi connectivity index (χ1n) is 16.0. The number of rotatable bonds is 11. The highest BCUT2D eigenvalue weighted by atomic mass is 35.5. The Balaban J connectivity index is 1.02. The Kier molecular flexibility index (Phi) is 10.3. The first kappa shape index (κ1) is 32.2. The Labute approximate surface area is 275 Å². The molecule has 4 aromatic rings. The number of carbonyl (C=O) groups is 1. The van der Waals surface area contributed by atoms with E-state index in [2.05, 4.69) is 67.7 Å². The number of β-amino-alcohol motifs (C(OH)–C–C–N with tert-alkyl or cyclic N) is 1. The maximum absolute atomic E-state index is 13.3. The van der Waals surface area contributed by atoms with Gasteiger partial charge in [0.1, 0.15) is 5.82 Å². The van der Waals surface area contributed by atoms with Crippen molar-refractivity contribution in [2.75, 3.05) is 45.1 Å².